The van der Waals surface area contributed by atoms with Crippen LogP contribution in [0.5, 0.6) is 0 Å². The van der Waals surface area contributed by atoms with Gasteiger partial charge < -0.3 is 9.47 Å². The number of nitrogens with zero attached hydrogens (tertiary/aromatic N) is 2. The van der Waals surface area contributed by atoms with Crippen LogP contribution in [0.3, 0.4) is 0 Å². The fourth-order valence-electron chi connectivity index (χ4n) is 1.79. The summed E-state index contributed by atoms with van der Waals surface area (Å²) in [5.74, 6) is -0.528. The summed E-state index contributed by atoms with van der Waals surface area (Å²) in [6.07, 6.45) is 3.05. The predicted octanol–water partition coefficient (Wildman–Crippen LogP) is 0.506. The average molecular weight is 252 g/mol. The molecule has 18 heavy (non-hydrogen) atoms. The number of ether oxygens (including phenoxy) is 2. The first-order valence-corrected chi connectivity index (χ1v) is 6.00. The molecule has 1 aliphatic heterocycles. The Balaban J connectivity index is 1.90. The van der Waals surface area contributed by atoms with Gasteiger partial charge in [-0.2, -0.15) is 5.10 Å². The first-order valence-electron chi connectivity index (χ1n) is 6.00. The molecule has 0 N–H and O–H groups in total. The third-order valence-corrected chi connectivity index (χ3v) is 2.84. The molecule has 1 aliphatic rings. The molecule has 0 aliphatic carbocycles. The highest BCUT2D eigenvalue weighted by atomic mass is 16.6. The topological polar surface area (TPSA) is 70.4 Å². The first-order chi connectivity index (χ1) is 8.66. The van der Waals surface area contributed by atoms with Gasteiger partial charge in [-0.15, -0.1) is 0 Å². The molecule has 0 unspecified atom stereocenters. The molecule has 0 spiro atoms. The number of rotatable bonds is 3. The maximum Gasteiger partial charge on any atom is 0.358 e. The second kappa shape index (κ2) is 5.77. The van der Waals surface area contributed by atoms with Crippen LogP contribution in [0.2, 0.25) is 0 Å². The summed E-state index contributed by atoms with van der Waals surface area (Å²) in [6.45, 7) is 0.962. The third-order valence-electron chi connectivity index (χ3n) is 2.84. The molecule has 0 aromatic carbocycles. The average Bonchev–Trinajstić information content (AvgIpc) is 2.40. The Hall–Kier alpha value is -1.69. The highest BCUT2D eigenvalue weighted by molar-refractivity contribution is 5.86. The maximum absolute atomic E-state index is 11.7. The number of hydrogen-bond acceptors (Lipinski definition) is 5. The Morgan fingerprint density at radius 2 is 2.39 bits per heavy atom. The minimum absolute atomic E-state index is 0.0183. The van der Waals surface area contributed by atoms with Crippen molar-refractivity contribution in [2.75, 3.05) is 13.2 Å². The Labute approximate surface area is 105 Å². The van der Waals surface area contributed by atoms with Gasteiger partial charge in [0.2, 0.25) is 0 Å². The minimum atomic E-state index is -0.528. The molecule has 1 fully saturated rings. The van der Waals surface area contributed by atoms with Crippen molar-refractivity contribution in [3.63, 3.8) is 0 Å². The molecule has 0 amide bonds. The molecule has 1 atom stereocenters. The summed E-state index contributed by atoms with van der Waals surface area (Å²) >= 11 is 0. The van der Waals surface area contributed by atoms with E-state index in [4.69, 9.17) is 9.47 Å². The fraction of sp³-hybridized carbons (Fsp3) is 0.583. The van der Waals surface area contributed by atoms with Gasteiger partial charge in [0.1, 0.15) is 6.61 Å². The van der Waals surface area contributed by atoms with Gasteiger partial charge in [0.15, 0.2) is 5.69 Å². The van der Waals surface area contributed by atoms with Crippen molar-refractivity contribution in [3.8, 4) is 0 Å². The van der Waals surface area contributed by atoms with Crippen molar-refractivity contribution in [2.45, 2.75) is 25.4 Å². The van der Waals surface area contributed by atoms with Crippen LogP contribution in [-0.2, 0) is 16.5 Å². The molecule has 2 rings (SSSR count). The molecular formula is C12H16N2O4. The van der Waals surface area contributed by atoms with E-state index in [1.165, 1.54) is 19.2 Å². The first kappa shape index (κ1) is 12.8. The van der Waals surface area contributed by atoms with E-state index >= 15 is 0 Å². The van der Waals surface area contributed by atoms with E-state index in [0.717, 1.165) is 30.6 Å². The third kappa shape index (κ3) is 3.16. The summed E-state index contributed by atoms with van der Waals surface area (Å²) in [4.78, 5) is 22.8. The lowest BCUT2D eigenvalue weighted by Crippen LogP contribution is -2.27. The Kier molecular flexibility index (Phi) is 4.09. The Morgan fingerprint density at radius 3 is 3.06 bits per heavy atom. The van der Waals surface area contributed by atoms with Crippen molar-refractivity contribution in [1.82, 2.24) is 9.78 Å². The number of hydrogen-bond donors (Lipinski definition) is 0. The van der Waals surface area contributed by atoms with E-state index in [1.54, 1.807) is 0 Å². The highest BCUT2D eigenvalue weighted by Crippen LogP contribution is 2.13. The highest BCUT2D eigenvalue weighted by Gasteiger charge is 2.17. The molecular weight excluding hydrogens is 236 g/mol. The van der Waals surface area contributed by atoms with Crippen molar-refractivity contribution < 1.29 is 14.3 Å². The summed E-state index contributed by atoms with van der Waals surface area (Å²) in [5, 5.41) is 3.83. The van der Waals surface area contributed by atoms with Gasteiger partial charge in [-0.1, -0.05) is 0 Å². The Morgan fingerprint density at radius 1 is 1.56 bits per heavy atom. The van der Waals surface area contributed by atoms with Crippen LogP contribution in [0.15, 0.2) is 16.9 Å². The largest absolute Gasteiger partial charge is 0.458 e. The zero-order valence-corrected chi connectivity index (χ0v) is 10.3. The lowest BCUT2D eigenvalue weighted by Gasteiger charge is -2.21. The van der Waals surface area contributed by atoms with Crippen LogP contribution >= 0.6 is 0 Å². The molecule has 6 nitrogen and oxygen atoms in total. The molecule has 1 aromatic heterocycles. The van der Waals surface area contributed by atoms with Crippen molar-refractivity contribution >= 4 is 5.97 Å². The van der Waals surface area contributed by atoms with Crippen molar-refractivity contribution in [3.05, 3.63) is 28.2 Å². The van der Waals surface area contributed by atoms with E-state index in [0.29, 0.717) is 0 Å². The molecule has 1 saturated heterocycles. The lowest BCUT2D eigenvalue weighted by molar-refractivity contribution is -0.0303. The van der Waals surface area contributed by atoms with E-state index in [2.05, 4.69) is 5.10 Å². The molecule has 1 aromatic rings. The maximum atomic E-state index is 11.7. The van der Waals surface area contributed by atoms with Crippen LogP contribution in [-0.4, -0.2) is 35.1 Å². The van der Waals surface area contributed by atoms with E-state index in [9.17, 15) is 9.59 Å². The summed E-state index contributed by atoms with van der Waals surface area (Å²) in [7, 11) is 1.49. The standard InChI is InChI=1S/C12H16N2O4/c1-14-11(15)6-5-10(13-14)12(16)18-8-9-4-2-3-7-17-9/h5-6,9H,2-4,7-8H2,1H3/t9-/m0/s1. The lowest BCUT2D eigenvalue weighted by atomic mass is 10.1. The van der Waals surface area contributed by atoms with Crippen LogP contribution in [0.4, 0.5) is 0 Å². The molecule has 0 saturated carbocycles. The number of carbonyl (C=O) groups excluding carboxylic acids is 1. The summed E-state index contributed by atoms with van der Waals surface area (Å²) in [5.41, 5.74) is -0.130. The fourth-order valence-corrected chi connectivity index (χ4v) is 1.79. The van der Waals surface area contributed by atoms with Crippen molar-refractivity contribution in [1.29, 1.82) is 0 Å². The number of aryl methyl sites for hydroxylation is 1. The molecule has 98 valence electrons. The van der Waals surface area contributed by atoms with Crippen LogP contribution in [0, 0.1) is 0 Å². The predicted molar refractivity (Wildman–Crippen MR) is 63.4 cm³/mol. The number of carbonyl (C=O) groups is 1. The minimum Gasteiger partial charge on any atom is -0.458 e. The van der Waals surface area contributed by atoms with Gasteiger partial charge in [-0.3, -0.25) is 4.79 Å². The van der Waals surface area contributed by atoms with Gasteiger partial charge >= 0.3 is 5.97 Å². The zero-order chi connectivity index (χ0) is 13.0. The van der Waals surface area contributed by atoms with Gasteiger partial charge in [-0.25, -0.2) is 9.48 Å². The van der Waals surface area contributed by atoms with E-state index < -0.39 is 5.97 Å². The van der Waals surface area contributed by atoms with Crippen LogP contribution in [0.1, 0.15) is 29.8 Å². The summed E-state index contributed by atoms with van der Waals surface area (Å²) in [6, 6.07) is 2.66. The smallest absolute Gasteiger partial charge is 0.358 e. The van der Waals surface area contributed by atoms with E-state index in [1.807, 2.05) is 0 Å². The normalized spacial score (nSPS) is 19.5. The summed E-state index contributed by atoms with van der Waals surface area (Å²) < 4.78 is 11.7. The molecule has 6 heteroatoms. The Bertz CT molecular complexity index is 477. The van der Waals surface area contributed by atoms with Gasteiger partial charge in [0, 0.05) is 19.7 Å². The monoisotopic (exact) mass is 252 g/mol. The van der Waals surface area contributed by atoms with Gasteiger partial charge in [0.05, 0.1) is 6.10 Å². The molecule has 0 radical (unpaired) electrons. The van der Waals surface area contributed by atoms with Crippen LogP contribution in [0.25, 0.3) is 0 Å². The van der Waals surface area contributed by atoms with Crippen molar-refractivity contribution in [2.24, 2.45) is 7.05 Å². The van der Waals surface area contributed by atoms with Crippen LogP contribution < -0.4 is 5.56 Å². The van der Waals surface area contributed by atoms with Gasteiger partial charge in [-0.05, 0) is 25.3 Å². The number of esters is 1. The zero-order valence-electron chi connectivity index (χ0n) is 10.3. The van der Waals surface area contributed by atoms with Gasteiger partial charge in [0.25, 0.3) is 5.56 Å². The second-order valence-electron chi connectivity index (χ2n) is 4.27. The second-order valence-corrected chi connectivity index (χ2v) is 4.27. The molecule has 2 heterocycles. The molecule has 0 bridgehead atoms. The quantitative estimate of drug-likeness (QED) is 0.733. The number of aromatic nitrogens is 2. The SMILES string of the molecule is Cn1nc(C(=O)OC[C@@H]2CCCCO2)ccc1=O. The van der Waals surface area contributed by atoms with E-state index in [-0.39, 0.29) is 24.0 Å².